The predicted molar refractivity (Wildman–Crippen MR) is 101 cm³/mol. The third kappa shape index (κ3) is 2.47. The number of carbonyl (C=O) groups is 3. The van der Waals surface area contributed by atoms with Gasteiger partial charge in [-0.05, 0) is 36.4 Å². The highest BCUT2D eigenvalue weighted by atomic mass is 79.9. The molecule has 1 fully saturated rings. The number of nitrogens with zero attached hydrogens (tertiary/aromatic N) is 3. The Morgan fingerprint density at radius 3 is 2.23 bits per heavy atom. The van der Waals surface area contributed by atoms with E-state index < -0.39 is 17.9 Å². The van der Waals surface area contributed by atoms with Crippen molar-refractivity contribution in [1.82, 2.24) is 0 Å². The number of rotatable bonds is 3. The number of imide groups is 1. The molecule has 0 bridgehead atoms. The Labute approximate surface area is 158 Å². The average molecular weight is 412 g/mol. The summed E-state index contributed by atoms with van der Waals surface area (Å²) >= 11 is 3.34. The van der Waals surface area contributed by atoms with E-state index in [2.05, 4.69) is 21.0 Å². The Morgan fingerprint density at radius 2 is 1.62 bits per heavy atom. The molecule has 2 aromatic carbocycles. The number of para-hydroxylation sites is 1. The van der Waals surface area contributed by atoms with Crippen LogP contribution in [0.4, 0.5) is 11.4 Å². The first-order valence-electron chi connectivity index (χ1n) is 8.06. The van der Waals surface area contributed by atoms with Crippen molar-refractivity contribution in [3.63, 3.8) is 0 Å². The summed E-state index contributed by atoms with van der Waals surface area (Å²) in [5, 5.41) is 5.80. The van der Waals surface area contributed by atoms with Crippen LogP contribution in [0.15, 0.2) is 64.2 Å². The van der Waals surface area contributed by atoms with Crippen molar-refractivity contribution in [3.8, 4) is 0 Å². The molecule has 2 aliphatic heterocycles. The summed E-state index contributed by atoms with van der Waals surface area (Å²) in [6.45, 7) is 1.37. The summed E-state index contributed by atoms with van der Waals surface area (Å²) in [5.41, 5.74) is 1.27. The van der Waals surface area contributed by atoms with Crippen molar-refractivity contribution >= 4 is 50.6 Å². The number of ketones is 1. The van der Waals surface area contributed by atoms with Crippen LogP contribution in [-0.4, -0.2) is 29.4 Å². The molecule has 26 heavy (non-hydrogen) atoms. The molecule has 0 radical (unpaired) electrons. The number of hydrazone groups is 1. The number of halogens is 1. The molecule has 0 aromatic heterocycles. The fourth-order valence-electron chi connectivity index (χ4n) is 3.34. The summed E-state index contributed by atoms with van der Waals surface area (Å²) in [6, 6.07) is 15.1. The van der Waals surface area contributed by atoms with Gasteiger partial charge in [-0.3, -0.25) is 19.4 Å². The summed E-state index contributed by atoms with van der Waals surface area (Å²) in [6.07, 6.45) is 0. The molecule has 1 saturated heterocycles. The standard InChI is InChI=1S/C19H14BrN3O3/c1-11(24)16-15-17(23(21-16)14-5-3-2-4-6-14)19(26)22(18(15)25)13-9-7-12(20)8-10-13/h2-10,15,17H,1H3/t15-,17-/m1/s1. The third-order valence-corrected chi connectivity index (χ3v) is 5.04. The molecule has 2 heterocycles. The number of hydrogen-bond donors (Lipinski definition) is 0. The molecular weight excluding hydrogens is 398 g/mol. The van der Waals surface area contributed by atoms with Crippen molar-refractivity contribution in [2.75, 3.05) is 9.91 Å². The molecule has 7 heteroatoms. The number of carbonyl (C=O) groups excluding carboxylic acids is 3. The summed E-state index contributed by atoms with van der Waals surface area (Å²) in [7, 11) is 0. The summed E-state index contributed by atoms with van der Waals surface area (Å²) < 4.78 is 0.845. The molecule has 130 valence electrons. The van der Waals surface area contributed by atoms with Gasteiger partial charge in [0, 0.05) is 11.4 Å². The maximum atomic E-state index is 13.1. The number of anilines is 2. The van der Waals surface area contributed by atoms with E-state index in [4.69, 9.17) is 0 Å². The summed E-state index contributed by atoms with van der Waals surface area (Å²) in [5.74, 6) is -2.00. The van der Waals surface area contributed by atoms with Crippen molar-refractivity contribution in [1.29, 1.82) is 0 Å². The molecule has 2 aromatic rings. The summed E-state index contributed by atoms with van der Waals surface area (Å²) in [4.78, 5) is 39.3. The van der Waals surface area contributed by atoms with Crippen LogP contribution in [0, 0.1) is 5.92 Å². The van der Waals surface area contributed by atoms with Crippen LogP contribution in [0.2, 0.25) is 0 Å². The minimum Gasteiger partial charge on any atom is -0.293 e. The maximum absolute atomic E-state index is 13.1. The highest BCUT2D eigenvalue weighted by Crippen LogP contribution is 2.38. The van der Waals surface area contributed by atoms with Gasteiger partial charge in [-0.1, -0.05) is 34.1 Å². The molecule has 0 aliphatic carbocycles. The quantitative estimate of drug-likeness (QED) is 0.728. The van der Waals surface area contributed by atoms with Gasteiger partial charge in [-0.15, -0.1) is 0 Å². The number of fused-ring (bicyclic) bond motifs is 1. The number of benzene rings is 2. The van der Waals surface area contributed by atoms with Crippen molar-refractivity contribution in [3.05, 3.63) is 59.1 Å². The Hall–Kier alpha value is -2.80. The smallest absolute Gasteiger partial charge is 0.259 e. The van der Waals surface area contributed by atoms with E-state index in [1.807, 2.05) is 18.2 Å². The molecule has 2 atom stereocenters. The molecule has 2 amide bonds. The first kappa shape index (κ1) is 16.7. The van der Waals surface area contributed by atoms with Crippen molar-refractivity contribution < 1.29 is 14.4 Å². The van der Waals surface area contributed by atoms with E-state index in [0.29, 0.717) is 11.4 Å². The molecule has 0 unspecified atom stereocenters. The van der Waals surface area contributed by atoms with Crippen LogP contribution in [-0.2, 0) is 14.4 Å². The fourth-order valence-corrected chi connectivity index (χ4v) is 3.61. The lowest BCUT2D eigenvalue weighted by molar-refractivity contribution is -0.122. The lowest BCUT2D eigenvalue weighted by Gasteiger charge is -2.22. The van der Waals surface area contributed by atoms with E-state index in [1.54, 1.807) is 36.4 Å². The van der Waals surface area contributed by atoms with Gasteiger partial charge in [0.05, 0.1) is 11.4 Å². The molecule has 0 N–H and O–H groups in total. The SMILES string of the molecule is CC(=O)C1=NN(c2ccccc2)[C@H]2C(=O)N(c3ccc(Br)cc3)C(=O)[C@H]12. The molecule has 6 nitrogen and oxygen atoms in total. The number of amides is 2. The van der Waals surface area contributed by atoms with Crippen LogP contribution in [0.5, 0.6) is 0 Å². The van der Waals surface area contributed by atoms with E-state index in [0.717, 1.165) is 9.37 Å². The monoisotopic (exact) mass is 411 g/mol. The molecular formula is C19H14BrN3O3. The zero-order chi connectivity index (χ0) is 18.4. The minimum absolute atomic E-state index is 0.122. The molecule has 4 rings (SSSR count). The fraction of sp³-hybridized carbons (Fsp3) is 0.158. The second-order valence-corrected chi connectivity index (χ2v) is 7.05. The normalized spacial score (nSPS) is 21.8. The van der Waals surface area contributed by atoms with Crippen molar-refractivity contribution in [2.24, 2.45) is 11.0 Å². The second kappa shape index (κ2) is 6.17. The van der Waals surface area contributed by atoms with E-state index >= 15 is 0 Å². The van der Waals surface area contributed by atoms with Crippen molar-refractivity contribution in [2.45, 2.75) is 13.0 Å². The largest absolute Gasteiger partial charge is 0.293 e. The number of hydrogen-bond acceptors (Lipinski definition) is 5. The van der Waals surface area contributed by atoms with Crippen LogP contribution < -0.4 is 9.91 Å². The lowest BCUT2D eigenvalue weighted by Crippen LogP contribution is -2.39. The maximum Gasteiger partial charge on any atom is 0.259 e. The van der Waals surface area contributed by atoms with Gasteiger partial charge in [-0.25, -0.2) is 4.90 Å². The first-order valence-corrected chi connectivity index (χ1v) is 8.85. The van der Waals surface area contributed by atoms with E-state index in [-0.39, 0.29) is 17.4 Å². The average Bonchev–Trinajstić information content (AvgIpc) is 3.15. The predicted octanol–water partition coefficient (Wildman–Crippen LogP) is 2.77. The topological polar surface area (TPSA) is 70.1 Å². The van der Waals surface area contributed by atoms with Gasteiger partial charge in [-0.2, -0.15) is 5.10 Å². The van der Waals surface area contributed by atoms with Gasteiger partial charge in [0.25, 0.3) is 5.91 Å². The first-order chi connectivity index (χ1) is 12.5. The Bertz CT molecular complexity index is 940. The van der Waals surface area contributed by atoms with E-state index in [1.165, 1.54) is 11.9 Å². The van der Waals surface area contributed by atoms with E-state index in [9.17, 15) is 14.4 Å². The van der Waals surface area contributed by atoms with Gasteiger partial charge >= 0.3 is 0 Å². The Balaban J connectivity index is 1.80. The third-order valence-electron chi connectivity index (χ3n) is 4.52. The zero-order valence-electron chi connectivity index (χ0n) is 13.8. The zero-order valence-corrected chi connectivity index (χ0v) is 15.4. The van der Waals surface area contributed by atoms with Crippen LogP contribution >= 0.6 is 15.9 Å². The van der Waals surface area contributed by atoms with Gasteiger partial charge in [0.2, 0.25) is 5.91 Å². The molecule has 2 aliphatic rings. The number of Topliss-reactive ketones (excluding diaryl/α,β-unsaturated/α-hetero) is 1. The van der Waals surface area contributed by atoms with Crippen LogP contribution in [0.3, 0.4) is 0 Å². The van der Waals surface area contributed by atoms with Gasteiger partial charge < -0.3 is 0 Å². The second-order valence-electron chi connectivity index (χ2n) is 6.13. The highest BCUT2D eigenvalue weighted by molar-refractivity contribution is 9.10. The van der Waals surface area contributed by atoms with Gasteiger partial charge in [0.1, 0.15) is 17.7 Å². The molecule has 0 saturated carbocycles. The molecule has 0 spiro atoms. The lowest BCUT2D eigenvalue weighted by atomic mass is 9.95. The Morgan fingerprint density at radius 1 is 0.962 bits per heavy atom. The minimum atomic E-state index is -0.885. The van der Waals surface area contributed by atoms with Gasteiger partial charge in [0.15, 0.2) is 5.78 Å². The van der Waals surface area contributed by atoms with Crippen LogP contribution in [0.25, 0.3) is 0 Å². The Kier molecular flexibility index (Phi) is 3.96. The van der Waals surface area contributed by atoms with Crippen LogP contribution in [0.1, 0.15) is 6.92 Å². The highest BCUT2D eigenvalue weighted by Gasteiger charge is 2.58.